The first-order chi connectivity index (χ1) is 10.4. The van der Waals surface area contributed by atoms with Gasteiger partial charge in [-0.2, -0.15) is 0 Å². The van der Waals surface area contributed by atoms with Crippen LogP contribution >= 0.6 is 0 Å². The monoisotopic (exact) mass is 327 g/mol. The van der Waals surface area contributed by atoms with Gasteiger partial charge in [-0.3, -0.25) is 0 Å². The van der Waals surface area contributed by atoms with Crippen LogP contribution in [0.4, 0.5) is 0 Å². The van der Waals surface area contributed by atoms with Crippen LogP contribution in [0.15, 0.2) is 24.3 Å². The molecule has 0 amide bonds. The molecule has 0 unspecified atom stereocenters. The van der Waals surface area contributed by atoms with E-state index in [2.05, 4.69) is 13.0 Å². The number of sulfonamides is 1. The van der Waals surface area contributed by atoms with Crippen molar-refractivity contribution in [1.29, 1.82) is 0 Å². The molecule has 1 aromatic rings. The minimum Gasteiger partial charge on any atom is -0.496 e. The lowest BCUT2D eigenvalue weighted by molar-refractivity contribution is 0.404. The number of para-hydroxylation sites is 1. The molecule has 0 saturated carbocycles. The van der Waals surface area contributed by atoms with Gasteiger partial charge in [0, 0.05) is 14.1 Å². The molecule has 0 bridgehead atoms. The van der Waals surface area contributed by atoms with Crippen LogP contribution in [0.5, 0.6) is 5.75 Å². The smallest absolute Gasteiger partial charge is 0.213 e. The molecule has 22 heavy (non-hydrogen) atoms. The molecule has 0 saturated heterocycles. The Morgan fingerprint density at radius 2 is 1.86 bits per heavy atom. The van der Waals surface area contributed by atoms with E-state index in [9.17, 15) is 8.42 Å². The van der Waals surface area contributed by atoms with E-state index >= 15 is 0 Å². The average Bonchev–Trinajstić information content (AvgIpc) is 2.50. The van der Waals surface area contributed by atoms with Gasteiger partial charge in [-0.25, -0.2) is 12.7 Å². The molecule has 0 spiro atoms. The molecule has 126 valence electrons. The molecular formula is C17H29NO3S. The molecule has 1 atom stereocenters. The molecule has 0 aromatic heterocycles. The Morgan fingerprint density at radius 1 is 1.18 bits per heavy atom. The maximum absolute atomic E-state index is 11.8. The lowest BCUT2D eigenvalue weighted by Gasteiger charge is -2.17. The van der Waals surface area contributed by atoms with Crippen molar-refractivity contribution < 1.29 is 13.2 Å². The Balaban J connectivity index is 2.44. The Labute approximate surface area is 135 Å². The van der Waals surface area contributed by atoms with Crippen molar-refractivity contribution in [3.05, 3.63) is 29.8 Å². The zero-order valence-corrected chi connectivity index (χ0v) is 15.0. The van der Waals surface area contributed by atoms with Crippen molar-refractivity contribution in [2.24, 2.45) is 5.92 Å². The van der Waals surface area contributed by atoms with E-state index in [4.69, 9.17) is 4.74 Å². The summed E-state index contributed by atoms with van der Waals surface area (Å²) in [6, 6.07) is 8.08. The second-order valence-corrected chi connectivity index (χ2v) is 8.17. The van der Waals surface area contributed by atoms with Crippen LogP contribution < -0.4 is 4.74 Å². The molecule has 1 rings (SSSR count). The minimum absolute atomic E-state index is 0.243. The summed E-state index contributed by atoms with van der Waals surface area (Å²) < 4.78 is 30.4. The zero-order valence-electron chi connectivity index (χ0n) is 14.2. The van der Waals surface area contributed by atoms with Crippen LogP contribution in [-0.2, 0) is 16.4 Å². The molecule has 0 heterocycles. The highest BCUT2D eigenvalue weighted by Gasteiger charge is 2.16. The molecule has 4 nitrogen and oxygen atoms in total. The quantitative estimate of drug-likeness (QED) is 0.662. The summed E-state index contributed by atoms with van der Waals surface area (Å²) in [6.45, 7) is 2.13. The molecule has 0 aliphatic carbocycles. The first kappa shape index (κ1) is 19.0. The summed E-state index contributed by atoms with van der Waals surface area (Å²) in [5.74, 6) is 1.64. The second kappa shape index (κ2) is 9.16. The van der Waals surface area contributed by atoms with Crippen LogP contribution in [0.1, 0.15) is 38.2 Å². The highest BCUT2D eigenvalue weighted by atomic mass is 32.2. The van der Waals surface area contributed by atoms with E-state index in [0.717, 1.165) is 37.9 Å². The molecule has 0 aliphatic heterocycles. The first-order valence-electron chi connectivity index (χ1n) is 7.92. The number of ether oxygens (including phenoxy) is 1. The van der Waals surface area contributed by atoms with Crippen LogP contribution in [0.3, 0.4) is 0 Å². The maximum atomic E-state index is 11.8. The third-order valence-electron chi connectivity index (χ3n) is 4.17. The molecule has 0 fully saturated rings. The van der Waals surface area contributed by atoms with E-state index in [0.29, 0.717) is 5.92 Å². The number of aryl methyl sites for hydroxylation is 1. The standard InChI is InChI=1S/C17H29NO3S/c1-5-15(13-14-22(19,20)18(2)3)9-8-11-16-10-6-7-12-17(16)21-4/h6-7,10,12,15H,5,8-9,11,13-14H2,1-4H3/t15-/m1/s1. The number of hydrogen-bond donors (Lipinski definition) is 0. The lowest BCUT2D eigenvalue weighted by Crippen LogP contribution is -2.26. The summed E-state index contributed by atoms with van der Waals surface area (Å²) in [7, 11) is 1.81. The number of rotatable bonds is 10. The number of nitrogens with zero attached hydrogens (tertiary/aromatic N) is 1. The second-order valence-electron chi connectivity index (χ2n) is 5.87. The van der Waals surface area contributed by atoms with Gasteiger partial charge in [-0.15, -0.1) is 0 Å². The van der Waals surface area contributed by atoms with Crippen molar-refractivity contribution in [2.75, 3.05) is 27.0 Å². The lowest BCUT2D eigenvalue weighted by atomic mass is 9.95. The Morgan fingerprint density at radius 3 is 2.45 bits per heavy atom. The van der Waals surface area contributed by atoms with Crippen LogP contribution in [0, 0.1) is 5.92 Å². The fourth-order valence-electron chi connectivity index (χ4n) is 2.54. The molecule has 0 N–H and O–H groups in total. The number of hydrogen-bond acceptors (Lipinski definition) is 3. The van der Waals surface area contributed by atoms with Crippen molar-refractivity contribution in [3.8, 4) is 5.75 Å². The summed E-state index contributed by atoms with van der Waals surface area (Å²) in [5.41, 5.74) is 1.22. The van der Waals surface area contributed by atoms with E-state index < -0.39 is 10.0 Å². The molecule has 0 aliphatic rings. The van der Waals surface area contributed by atoms with Gasteiger partial charge < -0.3 is 4.74 Å². The van der Waals surface area contributed by atoms with Gasteiger partial charge in [-0.1, -0.05) is 38.0 Å². The number of methoxy groups -OCH3 is 1. The van der Waals surface area contributed by atoms with Gasteiger partial charge in [0.05, 0.1) is 12.9 Å². The number of benzene rings is 1. The summed E-state index contributed by atoms with van der Waals surface area (Å²) in [4.78, 5) is 0. The van der Waals surface area contributed by atoms with Crippen molar-refractivity contribution in [2.45, 2.75) is 39.0 Å². The Bertz CT molecular complexity index is 541. The third kappa shape index (κ3) is 5.97. The van der Waals surface area contributed by atoms with Gasteiger partial charge in [0.15, 0.2) is 0 Å². The molecule has 1 aromatic carbocycles. The maximum Gasteiger partial charge on any atom is 0.213 e. The van der Waals surface area contributed by atoms with E-state index in [1.807, 2.05) is 18.2 Å². The highest BCUT2D eigenvalue weighted by molar-refractivity contribution is 7.89. The van der Waals surface area contributed by atoms with Gasteiger partial charge >= 0.3 is 0 Å². The fraction of sp³-hybridized carbons (Fsp3) is 0.647. The normalized spacial score (nSPS) is 13.3. The summed E-state index contributed by atoms with van der Waals surface area (Å²) in [5, 5.41) is 0. The van der Waals surface area contributed by atoms with Crippen molar-refractivity contribution >= 4 is 10.0 Å². The van der Waals surface area contributed by atoms with Crippen molar-refractivity contribution in [3.63, 3.8) is 0 Å². The summed E-state index contributed by atoms with van der Waals surface area (Å²) in [6.07, 6.45) is 4.84. The predicted octanol–water partition coefficient (Wildman–Crippen LogP) is 3.33. The molecule has 5 heteroatoms. The fourth-order valence-corrected chi connectivity index (χ4v) is 3.54. The van der Waals surface area contributed by atoms with E-state index in [-0.39, 0.29) is 5.75 Å². The highest BCUT2D eigenvalue weighted by Crippen LogP contribution is 2.23. The Hall–Kier alpha value is -1.07. The topological polar surface area (TPSA) is 46.6 Å². The van der Waals surface area contributed by atoms with Gasteiger partial charge in [0.25, 0.3) is 0 Å². The summed E-state index contributed by atoms with van der Waals surface area (Å²) >= 11 is 0. The minimum atomic E-state index is -3.08. The van der Waals surface area contributed by atoms with Gasteiger partial charge in [0.2, 0.25) is 10.0 Å². The molecule has 0 radical (unpaired) electrons. The Kier molecular flexibility index (Phi) is 7.90. The van der Waals surface area contributed by atoms with Gasteiger partial charge in [0.1, 0.15) is 5.75 Å². The third-order valence-corrected chi connectivity index (χ3v) is 6.03. The molecular weight excluding hydrogens is 298 g/mol. The van der Waals surface area contributed by atoms with E-state index in [1.54, 1.807) is 21.2 Å². The van der Waals surface area contributed by atoms with Crippen LogP contribution in [0.2, 0.25) is 0 Å². The van der Waals surface area contributed by atoms with E-state index in [1.165, 1.54) is 9.87 Å². The first-order valence-corrected chi connectivity index (χ1v) is 9.53. The van der Waals surface area contributed by atoms with Crippen molar-refractivity contribution in [1.82, 2.24) is 4.31 Å². The van der Waals surface area contributed by atoms with Crippen LogP contribution in [0.25, 0.3) is 0 Å². The predicted molar refractivity (Wildman–Crippen MR) is 91.8 cm³/mol. The average molecular weight is 327 g/mol. The SMILES string of the molecule is CC[C@H](CCCc1ccccc1OC)CCS(=O)(=O)N(C)C. The zero-order chi connectivity index (χ0) is 16.6. The van der Waals surface area contributed by atoms with Crippen LogP contribution in [-0.4, -0.2) is 39.7 Å². The van der Waals surface area contributed by atoms with Gasteiger partial charge in [-0.05, 0) is 36.8 Å². The largest absolute Gasteiger partial charge is 0.496 e.